The summed E-state index contributed by atoms with van der Waals surface area (Å²) in [7, 11) is 1.69. The summed E-state index contributed by atoms with van der Waals surface area (Å²) >= 11 is 0. The summed E-state index contributed by atoms with van der Waals surface area (Å²) in [4.78, 5) is 0. The van der Waals surface area contributed by atoms with Gasteiger partial charge in [-0.15, -0.1) is 0 Å². The molecule has 0 saturated carbocycles. The minimum Gasteiger partial charge on any atom is -0.465 e. The van der Waals surface area contributed by atoms with Crippen LogP contribution < -0.4 is 4.74 Å². The van der Waals surface area contributed by atoms with Crippen molar-refractivity contribution in [1.29, 1.82) is 0 Å². The number of methoxy groups -OCH3 is 1. The Bertz CT molecular complexity index is 491. The van der Waals surface area contributed by atoms with Gasteiger partial charge in [0, 0.05) is 13.5 Å². The molecule has 1 unspecified atom stereocenters. The fourth-order valence-electron chi connectivity index (χ4n) is 2.11. The van der Waals surface area contributed by atoms with Gasteiger partial charge in [-0.25, -0.2) is 0 Å². The molecule has 2 heteroatoms. The number of hydrogen-bond acceptors (Lipinski definition) is 2. The average molecular weight is 270 g/mol. The number of rotatable bonds is 7. The first-order chi connectivity index (χ1) is 9.81. The van der Waals surface area contributed by atoms with E-state index in [0.29, 0.717) is 0 Å². The SMILES string of the molecule is CCc1ccc(OC(CCc2ccccc2)OC)cc1. The summed E-state index contributed by atoms with van der Waals surface area (Å²) in [5.41, 5.74) is 2.62. The summed E-state index contributed by atoms with van der Waals surface area (Å²) in [5, 5.41) is 0. The largest absolute Gasteiger partial charge is 0.465 e. The molecule has 0 heterocycles. The summed E-state index contributed by atoms with van der Waals surface area (Å²) in [6.07, 6.45) is 2.63. The van der Waals surface area contributed by atoms with Crippen LogP contribution in [-0.2, 0) is 17.6 Å². The highest BCUT2D eigenvalue weighted by atomic mass is 16.7. The molecule has 0 aliphatic carbocycles. The molecule has 2 aromatic rings. The summed E-state index contributed by atoms with van der Waals surface area (Å²) < 4.78 is 11.3. The van der Waals surface area contributed by atoms with E-state index in [2.05, 4.69) is 43.3 Å². The smallest absolute Gasteiger partial charge is 0.199 e. The number of aryl methyl sites for hydroxylation is 2. The van der Waals surface area contributed by atoms with E-state index in [9.17, 15) is 0 Å². The van der Waals surface area contributed by atoms with E-state index in [1.165, 1.54) is 11.1 Å². The molecule has 0 aliphatic heterocycles. The highest BCUT2D eigenvalue weighted by molar-refractivity contribution is 5.27. The van der Waals surface area contributed by atoms with E-state index in [4.69, 9.17) is 9.47 Å². The van der Waals surface area contributed by atoms with Gasteiger partial charge in [0.05, 0.1) is 0 Å². The first kappa shape index (κ1) is 14.6. The molecule has 20 heavy (non-hydrogen) atoms. The molecule has 0 radical (unpaired) electrons. The van der Waals surface area contributed by atoms with Crippen LogP contribution in [-0.4, -0.2) is 13.4 Å². The quantitative estimate of drug-likeness (QED) is 0.701. The van der Waals surface area contributed by atoms with Gasteiger partial charge in [-0.05, 0) is 36.1 Å². The predicted molar refractivity (Wildman–Crippen MR) is 82.0 cm³/mol. The highest BCUT2D eigenvalue weighted by Crippen LogP contribution is 2.17. The van der Waals surface area contributed by atoms with Gasteiger partial charge in [0.15, 0.2) is 6.29 Å². The average Bonchev–Trinajstić information content (AvgIpc) is 2.53. The summed E-state index contributed by atoms with van der Waals surface area (Å²) in [6.45, 7) is 2.15. The van der Waals surface area contributed by atoms with Crippen LogP contribution in [0.3, 0.4) is 0 Å². The van der Waals surface area contributed by atoms with Crippen LogP contribution >= 0.6 is 0 Å². The standard InChI is InChI=1S/C18H22O2/c1-3-15-9-12-17(13-10-15)20-18(19-2)14-11-16-7-5-4-6-8-16/h4-10,12-13,18H,3,11,14H2,1-2H3. The van der Waals surface area contributed by atoms with Crippen molar-refractivity contribution in [2.45, 2.75) is 32.5 Å². The Morgan fingerprint density at radius 1 is 0.900 bits per heavy atom. The summed E-state index contributed by atoms with van der Waals surface area (Å²) in [5.74, 6) is 0.863. The van der Waals surface area contributed by atoms with Crippen LogP contribution in [0.25, 0.3) is 0 Å². The lowest BCUT2D eigenvalue weighted by molar-refractivity contribution is -0.0577. The minimum absolute atomic E-state index is 0.206. The first-order valence-corrected chi connectivity index (χ1v) is 7.14. The van der Waals surface area contributed by atoms with Gasteiger partial charge in [-0.3, -0.25) is 0 Å². The molecule has 0 amide bonds. The van der Waals surface area contributed by atoms with Gasteiger partial charge in [0.1, 0.15) is 5.75 Å². The normalized spacial score (nSPS) is 12.1. The third-order valence-corrected chi connectivity index (χ3v) is 3.37. The lowest BCUT2D eigenvalue weighted by atomic mass is 10.1. The van der Waals surface area contributed by atoms with Crippen molar-refractivity contribution in [2.24, 2.45) is 0 Å². The fraction of sp³-hybridized carbons (Fsp3) is 0.333. The maximum atomic E-state index is 5.86. The van der Waals surface area contributed by atoms with Crippen molar-refractivity contribution in [2.75, 3.05) is 7.11 Å². The van der Waals surface area contributed by atoms with E-state index in [-0.39, 0.29) is 6.29 Å². The van der Waals surface area contributed by atoms with Crippen LogP contribution in [0.2, 0.25) is 0 Å². The number of ether oxygens (including phenoxy) is 2. The lowest BCUT2D eigenvalue weighted by Gasteiger charge is -2.17. The second kappa shape index (κ2) is 7.71. The van der Waals surface area contributed by atoms with Crippen molar-refractivity contribution in [3.63, 3.8) is 0 Å². The Kier molecular flexibility index (Phi) is 5.63. The zero-order valence-electron chi connectivity index (χ0n) is 12.2. The maximum Gasteiger partial charge on any atom is 0.199 e. The van der Waals surface area contributed by atoms with Gasteiger partial charge in [0.25, 0.3) is 0 Å². The maximum absolute atomic E-state index is 5.86. The Morgan fingerprint density at radius 2 is 1.60 bits per heavy atom. The van der Waals surface area contributed by atoms with Gasteiger partial charge in [-0.1, -0.05) is 49.4 Å². The molecule has 0 fully saturated rings. The molecule has 2 aromatic carbocycles. The second-order valence-corrected chi connectivity index (χ2v) is 4.80. The van der Waals surface area contributed by atoms with Crippen LogP contribution in [0, 0.1) is 0 Å². The molecular formula is C18H22O2. The van der Waals surface area contributed by atoms with E-state index in [1.54, 1.807) is 7.11 Å². The third kappa shape index (κ3) is 4.39. The van der Waals surface area contributed by atoms with Crippen LogP contribution in [0.4, 0.5) is 0 Å². The second-order valence-electron chi connectivity index (χ2n) is 4.80. The zero-order valence-corrected chi connectivity index (χ0v) is 12.2. The fourth-order valence-corrected chi connectivity index (χ4v) is 2.11. The van der Waals surface area contributed by atoms with Crippen molar-refractivity contribution in [1.82, 2.24) is 0 Å². The van der Waals surface area contributed by atoms with E-state index < -0.39 is 0 Å². The molecular weight excluding hydrogens is 248 g/mol. The van der Waals surface area contributed by atoms with E-state index >= 15 is 0 Å². The predicted octanol–water partition coefficient (Wildman–Crippen LogP) is 4.23. The lowest BCUT2D eigenvalue weighted by Crippen LogP contribution is -2.19. The Hall–Kier alpha value is -1.80. The topological polar surface area (TPSA) is 18.5 Å². The highest BCUT2D eigenvalue weighted by Gasteiger charge is 2.09. The van der Waals surface area contributed by atoms with Crippen LogP contribution in [0.1, 0.15) is 24.5 Å². The Labute approximate surface area is 121 Å². The zero-order chi connectivity index (χ0) is 14.2. The number of hydrogen-bond donors (Lipinski definition) is 0. The summed E-state index contributed by atoms with van der Waals surface area (Å²) in [6, 6.07) is 18.6. The first-order valence-electron chi connectivity index (χ1n) is 7.14. The Balaban J connectivity index is 1.88. The van der Waals surface area contributed by atoms with Gasteiger partial charge >= 0.3 is 0 Å². The van der Waals surface area contributed by atoms with Crippen LogP contribution in [0.5, 0.6) is 5.75 Å². The minimum atomic E-state index is -0.206. The van der Waals surface area contributed by atoms with E-state index in [0.717, 1.165) is 25.0 Å². The molecule has 0 aromatic heterocycles. The monoisotopic (exact) mass is 270 g/mol. The van der Waals surface area contributed by atoms with Gasteiger partial charge in [-0.2, -0.15) is 0 Å². The molecule has 0 spiro atoms. The molecule has 0 bridgehead atoms. The van der Waals surface area contributed by atoms with Gasteiger partial charge in [0.2, 0.25) is 0 Å². The Morgan fingerprint density at radius 3 is 2.20 bits per heavy atom. The molecule has 0 N–H and O–H groups in total. The van der Waals surface area contributed by atoms with E-state index in [1.807, 2.05) is 18.2 Å². The molecule has 1 atom stereocenters. The van der Waals surface area contributed by atoms with Crippen molar-refractivity contribution in [3.05, 3.63) is 65.7 Å². The molecule has 0 saturated heterocycles. The molecule has 2 rings (SSSR count). The van der Waals surface area contributed by atoms with Gasteiger partial charge < -0.3 is 9.47 Å². The molecule has 106 valence electrons. The van der Waals surface area contributed by atoms with Crippen molar-refractivity contribution >= 4 is 0 Å². The van der Waals surface area contributed by atoms with Crippen molar-refractivity contribution < 1.29 is 9.47 Å². The van der Waals surface area contributed by atoms with Crippen molar-refractivity contribution in [3.8, 4) is 5.75 Å². The third-order valence-electron chi connectivity index (χ3n) is 3.37. The molecule has 0 aliphatic rings. The molecule has 2 nitrogen and oxygen atoms in total. The van der Waals surface area contributed by atoms with Crippen LogP contribution in [0.15, 0.2) is 54.6 Å². The number of benzene rings is 2.